The van der Waals surface area contributed by atoms with Gasteiger partial charge in [0.05, 0.1) is 0 Å². The van der Waals surface area contributed by atoms with Crippen molar-refractivity contribution in [1.29, 1.82) is 0 Å². The molecule has 0 heterocycles. The van der Waals surface area contributed by atoms with Crippen LogP contribution < -0.4 is 0 Å². The van der Waals surface area contributed by atoms with Crippen LogP contribution in [0, 0.1) is 0 Å². The largest absolute Gasteiger partial charge is 0.298 e. The molecule has 1 saturated carbocycles. The average molecular weight is 211 g/mol. The molecule has 1 aliphatic rings. The summed E-state index contributed by atoms with van der Waals surface area (Å²) in [5, 5.41) is 0. The zero-order chi connectivity index (χ0) is 11.1. The monoisotopic (exact) mass is 211 g/mol. The van der Waals surface area contributed by atoms with Crippen molar-refractivity contribution in [3.63, 3.8) is 0 Å². The van der Waals surface area contributed by atoms with Crippen LogP contribution in [0.1, 0.15) is 72.1 Å². The number of hydrogen-bond donors (Lipinski definition) is 0. The van der Waals surface area contributed by atoms with E-state index in [1.54, 1.807) is 0 Å². The van der Waals surface area contributed by atoms with E-state index in [-0.39, 0.29) is 0 Å². The molecule has 0 radical (unpaired) electrons. The molecule has 0 N–H and O–H groups in total. The Kier molecular flexibility index (Phi) is 5.66. The Morgan fingerprint density at radius 1 is 1.00 bits per heavy atom. The van der Waals surface area contributed by atoms with Crippen LogP contribution in [0.2, 0.25) is 0 Å². The van der Waals surface area contributed by atoms with Gasteiger partial charge < -0.3 is 0 Å². The standard InChI is InChI=1S/C14H29N/c1-4-7-13-15(6-3)14(5-2)11-9-8-10-12-14/h4-13H2,1-3H3. The SMILES string of the molecule is CCCCN(CC)C1(CC)CCCCC1. The molecule has 1 heteroatoms. The fourth-order valence-corrected chi connectivity index (χ4v) is 3.18. The van der Waals surface area contributed by atoms with E-state index in [1.165, 1.54) is 64.5 Å². The van der Waals surface area contributed by atoms with Gasteiger partial charge in [-0.3, -0.25) is 4.90 Å². The van der Waals surface area contributed by atoms with E-state index in [0.717, 1.165) is 0 Å². The molecule has 15 heavy (non-hydrogen) atoms. The topological polar surface area (TPSA) is 3.24 Å². The summed E-state index contributed by atoms with van der Waals surface area (Å²) in [5.41, 5.74) is 0.572. The molecule has 0 unspecified atom stereocenters. The highest BCUT2D eigenvalue weighted by atomic mass is 15.2. The summed E-state index contributed by atoms with van der Waals surface area (Å²) in [6, 6.07) is 0. The van der Waals surface area contributed by atoms with E-state index in [2.05, 4.69) is 25.7 Å². The van der Waals surface area contributed by atoms with Gasteiger partial charge in [0.1, 0.15) is 0 Å². The van der Waals surface area contributed by atoms with Gasteiger partial charge in [-0.1, -0.05) is 46.5 Å². The number of nitrogens with zero attached hydrogens (tertiary/aromatic N) is 1. The molecule has 0 aromatic carbocycles. The lowest BCUT2D eigenvalue weighted by molar-refractivity contribution is 0.0495. The molecule has 0 aromatic heterocycles. The van der Waals surface area contributed by atoms with Crippen LogP contribution >= 0.6 is 0 Å². The molecule has 0 atom stereocenters. The fourth-order valence-electron chi connectivity index (χ4n) is 3.18. The van der Waals surface area contributed by atoms with Gasteiger partial charge in [-0.25, -0.2) is 0 Å². The smallest absolute Gasteiger partial charge is 0.0206 e. The Bertz CT molecular complexity index is 159. The summed E-state index contributed by atoms with van der Waals surface area (Å²) in [5.74, 6) is 0. The molecule has 0 aromatic rings. The number of unbranched alkanes of at least 4 members (excludes halogenated alkanes) is 1. The van der Waals surface area contributed by atoms with E-state index >= 15 is 0 Å². The average Bonchev–Trinajstić information content (AvgIpc) is 2.31. The summed E-state index contributed by atoms with van der Waals surface area (Å²) in [6.45, 7) is 9.59. The summed E-state index contributed by atoms with van der Waals surface area (Å²) >= 11 is 0. The van der Waals surface area contributed by atoms with Gasteiger partial charge in [0.15, 0.2) is 0 Å². The van der Waals surface area contributed by atoms with Crippen molar-refractivity contribution in [2.75, 3.05) is 13.1 Å². The second-order valence-corrected chi connectivity index (χ2v) is 5.07. The van der Waals surface area contributed by atoms with Gasteiger partial charge in [-0.15, -0.1) is 0 Å². The lowest BCUT2D eigenvalue weighted by atomic mass is 9.78. The Morgan fingerprint density at radius 3 is 2.13 bits per heavy atom. The van der Waals surface area contributed by atoms with Gasteiger partial charge in [-0.05, 0) is 38.8 Å². The first kappa shape index (κ1) is 13.0. The summed E-state index contributed by atoms with van der Waals surface area (Å²) in [7, 11) is 0. The Balaban J connectivity index is 2.58. The molecule has 0 spiro atoms. The van der Waals surface area contributed by atoms with Crippen molar-refractivity contribution in [3.8, 4) is 0 Å². The molecular weight excluding hydrogens is 182 g/mol. The zero-order valence-electron chi connectivity index (χ0n) is 11.0. The van der Waals surface area contributed by atoms with Gasteiger partial charge in [-0.2, -0.15) is 0 Å². The molecule has 0 bridgehead atoms. The van der Waals surface area contributed by atoms with Crippen molar-refractivity contribution >= 4 is 0 Å². The fraction of sp³-hybridized carbons (Fsp3) is 1.00. The number of hydrogen-bond acceptors (Lipinski definition) is 1. The predicted molar refractivity (Wildman–Crippen MR) is 68.3 cm³/mol. The van der Waals surface area contributed by atoms with E-state index in [4.69, 9.17) is 0 Å². The molecule has 90 valence electrons. The first-order valence-corrected chi connectivity index (χ1v) is 7.04. The minimum absolute atomic E-state index is 0.572. The van der Waals surface area contributed by atoms with Crippen LogP contribution in [-0.4, -0.2) is 23.5 Å². The maximum atomic E-state index is 2.77. The van der Waals surface area contributed by atoms with Crippen molar-refractivity contribution in [2.45, 2.75) is 77.7 Å². The van der Waals surface area contributed by atoms with E-state index in [9.17, 15) is 0 Å². The molecule has 1 nitrogen and oxygen atoms in total. The predicted octanol–water partition coefficient (Wildman–Crippen LogP) is 4.22. The maximum absolute atomic E-state index is 2.77. The van der Waals surface area contributed by atoms with Crippen molar-refractivity contribution in [2.24, 2.45) is 0 Å². The molecular formula is C14H29N. The minimum atomic E-state index is 0.572. The van der Waals surface area contributed by atoms with Gasteiger partial charge >= 0.3 is 0 Å². The third kappa shape index (κ3) is 3.21. The van der Waals surface area contributed by atoms with Crippen molar-refractivity contribution in [3.05, 3.63) is 0 Å². The van der Waals surface area contributed by atoms with E-state index < -0.39 is 0 Å². The second-order valence-electron chi connectivity index (χ2n) is 5.07. The Morgan fingerprint density at radius 2 is 1.67 bits per heavy atom. The lowest BCUT2D eigenvalue weighted by Crippen LogP contribution is -2.49. The number of rotatable bonds is 6. The van der Waals surface area contributed by atoms with Crippen LogP contribution in [-0.2, 0) is 0 Å². The first-order valence-electron chi connectivity index (χ1n) is 7.04. The van der Waals surface area contributed by atoms with E-state index in [1.807, 2.05) is 0 Å². The van der Waals surface area contributed by atoms with Crippen LogP contribution in [0.5, 0.6) is 0 Å². The van der Waals surface area contributed by atoms with Gasteiger partial charge in [0.2, 0.25) is 0 Å². The van der Waals surface area contributed by atoms with Gasteiger partial charge in [0, 0.05) is 5.54 Å². The molecule has 1 aliphatic carbocycles. The van der Waals surface area contributed by atoms with Gasteiger partial charge in [0.25, 0.3) is 0 Å². The lowest BCUT2D eigenvalue weighted by Gasteiger charge is -2.46. The maximum Gasteiger partial charge on any atom is 0.0206 e. The molecule has 0 amide bonds. The zero-order valence-corrected chi connectivity index (χ0v) is 11.0. The van der Waals surface area contributed by atoms with Crippen LogP contribution in [0.3, 0.4) is 0 Å². The van der Waals surface area contributed by atoms with Crippen LogP contribution in [0.25, 0.3) is 0 Å². The van der Waals surface area contributed by atoms with Crippen LogP contribution in [0.15, 0.2) is 0 Å². The second kappa shape index (κ2) is 6.52. The highest BCUT2D eigenvalue weighted by Gasteiger charge is 2.34. The van der Waals surface area contributed by atoms with E-state index in [0.29, 0.717) is 5.54 Å². The summed E-state index contributed by atoms with van der Waals surface area (Å²) < 4.78 is 0. The highest BCUT2D eigenvalue weighted by Crippen LogP contribution is 2.36. The first-order chi connectivity index (χ1) is 7.29. The molecule has 1 fully saturated rings. The Hall–Kier alpha value is -0.0400. The highest BCUT2D eigenvalue weighted by molar-refractivity contribution is 4.91. The van der Waals surface area contributed by atoms with Crippen molar-refractivity contribution in [1.82, 2.24) is 4.90 Å². The summed E-state index contributed by atoms with van der Waals surface area (Å²) in [4.78, 5) is 2.77. The quantitative estimate of drug-likeness (QED) is 0.636. The Labute approximate surface area is 96.2 Å². The normalized spacial score (nSPS) is 20.8. The molecule has 1 rings (SSSR count). The molecule has 0 aliphatic heterocycles. The van der Waals surface area contributed by atoms with Crippen molar-refractivity contribution < 1.29 is 0 Å². The van der Waals surface area contributed by atoms with Crippen LogP contribution in [0.4, 0.5) is 0 Å². The summed E-state index contributed by atoms with van der Waals surface area (Å²) in [6.07, 6.45) is 11.3. The third-order valence-corrected chi connectivity index (χ3v) is 4.28. The molecule has 0 saturated heterocycles. The third-order valence-electron chi connectivity index (χ3n) is 4.28. The minimum Gasteiger partial charge on any atom is -0.298 e.